The van der Waals surface area contributed by atoms with Crippen molar-refractivity contribution in [2.45, 2.75) is 25.3 Å². The van der Waals surface area contributed by atoms with Crippen LogP contribution in [0.3, 0.4) is 0 Å². The lowest BCUT2D eigenvalue weighted by atomic mass is 10.1. The van der Waals surface area contributed by atoms with E-state index in [4.69, 9.17) is 10.8 Å². The quantitative estimate of drug-likeness (QED) is 0.433. The summed E-state index contributed by atoms with van der Waals surface area (Å²) in [6.45, 7) is 0. The molecule has 0 aliphatic heterocycles. The first-order chi connectivity index (χ1) is 5.18. The Kier molecular flexibility index (Phi) is 5.07. The zero-order valence-corrected chi connectivity index (χ0v) is 6.12. The van der Waals surface area contributed by atoms with Gasteiger partial charge in [0.25, 0.3) is 0 Å². The highest BCUT2D eigenvalue weighted by atomic mass is 16.4. The SMILES string of the molecule is NC(CCCC=C=O)C(=O)O. The van der Waals surface area contributed by atoms with Crippen LogP contribution in [0.4, 0.5) is 0 Å². The third kappa shape index (κ3) is 5.33. The molecule has 0 saturated carbocycles. The van der Waals surface area contributed by atoms with Gasteiger partial charge in [-0.2, -0.15) is 0 Å². The van der Waals surface area contributed by atoms with Crippen LogP contribution in [0.1, 0.15) is 19.3 Å². The Labute approximate surface area is 64.7 Å². The highest BCUT2D eigenvalue weighted by Crippen LogP contribution is 1.98. The molecule has 4 heteroatoms. The van der Waals surface area contributed by atoms with Crippen molar-refractivity contribution in [2.75, 3.05) is 0 Å². The van der Waals surface area contributed by atoms with Crippen molar-refractivity contribution >= 4 is 11.9 Å². The van der Waals surface area contributed by atoms with Gasteiger partial charge >= 0.3 is 5.97 Å². The monoisotopic (exact) mass is 157 g/mol. The standard InChI is InChI=1S/C7H11NO3/c8-6(7(10)11)4-2-1-3-5-9/h3,6H,1-2,4,8H2,(H,10,11). The summed E-state index contributed by atoms with van der Waals surface area (Å²) in [5.74, 6) is 0.607. The van der Waals surface area contributed by atoms with Crippen LogP contribution in [-0.4, -0.2) is 23.1 Å². The molecule has 0 aliphatic carbocycles. The molecule has 0 aromatic rings. The van der Waals surface area contributed by atoms with Gasteiger partial charge < -0.3 is 10.8 Å². The third-order valence-electron chi connectivity index (χ3n) is 1.26. The van der Waals surface area contributed by atoms with Crippen LogP contribution in [0.25, 0.3) is 0 Å². The summed E-state index contributed by atoms with van der Waals surface area (Å²) in [6, 6.07) is -0.810. The molecule has 0 aromatic heterocycles. The first-order valence-corrected chi connectivity index (χ1v) is 3.36. The van der Waals surface area contributed by atoms with E-state index in [1.165, 1.54) is 6.08 Å². The Morgan fingerprint density at radius 1 is 1.73 bits per heavy atom. The first-order valence-electron chi connectivity index (χ1n) is 3.36. The number of rotatable bonds is 5. The number of nitrogens with two attached hydrogens (primary N) is 1. The molecule has 1 unspecified atom stereocenters. The molecule has 0 aromatic carbocycles. The average molecular weight is 157 g/mol. The Hall–Kier alpha value is -1.12. The number of hydrogen-bond acceptors (Lipinski definition) is 3. The van der Waals surface area contributed by atoms with Gasteiger partial charge in [-0.1, -0.05) is 0 Å². The molecular weight excluding hydrogens is 146 g/mol. The number of unbranched alkanes of at least 4 members (excludes halogenated alkanes) is 1. The molecule has 0 amide bonds. The van der Waals surface area contributed by atoms with Gasteiger partial charge in [-0.05, 0) is 25.3 Å². The Morgan fingerprint density at radius 2 is 2.36 bits per heavy atom. The lowest BCUT2D eigenvalue weighted by Crippen LogP contribution is -2.29. The molecule has 62 valence electrons. The van der Waals surface area contributed by atoms with E-state index in [-0.39, 0.29) is 0 Å². The van der Waals surface area contributed by atoms with Crippen molar-refractivity contribution in [1.82, 2.24) is 0 Å². The van der Waals surface area contributed by atoms with Gasteiger partial charge in [0.2, 0.25) is 0 Å². The Balaban J connectivity index is 3.38. The largest absolute Gasteiger partial charge is 0.480 e. The molecular formula is C7H11NO3. The van der Waals surface area contributed by atoms with E-state index >= 15 is 0 Å². The highest BCUT2D eigenvalue weighted by Gasteiger charge is 2.09. The van der Waals surface area contributed by atoms with Gasteiger partial charge in [0.1, 0.15) is 12.0 Å². The maximum absolute atomic E-state index is 10.2. The summed E-state index contributed by atoms with van der Waals surface area (Å²) in [6.07, 6.45) is 2.88. The predicted octanol–water partition coefficient (Wildman–Crippen LogP) is -0.0436. The lowest BCUT2D eigenvalue weighted by molar-refractivity contribution is -0.138. The van der Waals surface area contributed by atoms with Crippen LogP contribution in [0.2, 0.25) is 0 Å². The first kappa shape index (κ1) is 9.88. The van der Waals surface area contributed by atoms with Crippen LogP contribution in [0.5, 0.6) is 0 Å². The van der Waals surface area contributed by atoms with Gasteiger partial charge in [-0.3, -0.25) is 4.79 Å². The molecule has 0 saturated heterocycles. The minimum atomic E-state index is -1.000. The van der Waals surface area contributed by atoms with Gasteiger partial charge in [0, 0.05) is 0 Å². The van der Waals surface area contributed by atoms with E-state index in [1.54, 1.807) is 5.94 Å². The molecule has 0 bridgehead atoms. The summed E-state index contributed by atoms with van der Waals surface area (Å²) >= 11 is 0. The van der Waals surface area contributed by atoms with Crippen molar-refractivity contribution in [3.05, 3.63) is 6.08 Å². The maximum Gasteiger partial charge on any atom is 0.320 e. The molecule has 0 spiro atoms. The van der Waals surface area contributed by atoms with E-state index in [1.807, 2.05) is 0 Å². The molecule has 0 rings (SSSR count). The number of aliphatic carboxylic acids is 1. The maximum atomic E-state index is 10.2. The van der Waals surface area contributed by atoms with Crippen molar-refractivity contribution in [2.24, 2.45) is 5.73 Å². The smallest absolute Gasteiger partial charge is 0.320 e. The lowest BCUT2D eigenvalue weighted by Gasteiger charge is -2.02. The molecule has 1 atom stereocenters. The normalized spacial score (nSPS) is 11.7. The Morgan fingerprint density at radius 3 is 2.82 bits per heavy atom. The van der Waals surface area contributed by atoms with Crippen LogP contribution >= 0.6 is 0 Å². The number of carbonyl (C=O) groups excluding carboxylic acids is 1. The van der Waals surface area contributed by atoms with Crippen molar-refractivity contribution in [3.63, 3.8) is 0 Å². The molecule has 4 nitrogen and oxygen atoms in total. The van der Waals surface area contributed by atoms with Crippen LogP contribution in [0, 0.1) is 0 Å². The summed E-state index contributed by atoms with van der Waals surface area (Å²) < 4.78 is 0. The third-order valence-corrected chi connectivity index (χ3v) is 1.26. The predicted molar refractivity (Wildman–Crippen MR) is 39.7 cm³/mol. The van der Waals surface area contributed by atoms with E-state index < -0.39 is 12.0 Å². The number of carbonyl (C=O) groups is 1. The van der Waals surface area contributed by atoms with Crippen LogP contribution in [-0.2, 0) is 9.59 Å². The summed E-state index contributed by atoms with van der Waals surface area (Å²) in [5.41, 5.74) is 5.19. The topological polar surface area (TPSA) is 80.4 Å². The molecule has 0 fully saturated rings. The highest BCUT2D eigenvalue weighted by molar-refractivity contribution is 5.72. The second-order valence-electron chi connectivity index (χ2n) is 2.20. The fourth-order valence-corrected chi connectivity index (χ4v) is 0.622. The van der Waals surface area contributed by atoms with E-state index in [0.717, 1.165) is 0 Å². The summed E-state index contributed by atoms with van der Waals surface area (Å²) in [5, 5.41) is 8.33. The second-order valence-corrected chi connectivity index (χ2v) is 2.20. The van der Waals surface area contributed by atoms with Crippen molar-refractivity contribution in [3.8, 4) is 0 Å². The molecule has 0 radical (unpaired) electrons. The van der Waals surface area contributed by atoms with Crippen molar-refractivity contribution < 1.29 is 14.7 Å². The summed E-state index contributed by atoms with van der Waals surface area (Å²) in [4.78, 5) is 19.8. The number of carboxylic acids is 1. The van der Waals surface area contributed by atoms with E-state index in [0.29, 0.717) is 19.3 Å². The molecule has 0 heterocycles. The molecule has 3 N–H and O–H groups in total. The fraction of sp³-hybridized carbons (Fsp3) is 0.571. The Bertz CT molecular complexity index is 173. The molecule has 11 heavy (non-hydrogen) atoms. The van der Waals surface area contributed by atoms with Gasteiger partial charge in [-0.25, -0.2) is 4.79 Å². The minimum Gasteiger partial charge on any atom is -0.480 e. The van der Waals surface area contributed by atoms with Crippen LogP contribution in [0.15, 0.2) is 6.08 Å². The van der Waals surface area contributed by atoms with Crippen LogP contribution < -0.4 is 5.73 Å². The zero-order valence-electron chi connectivity index (χ0n) is 6.12. The van der Waals surface area contributed by atoms with Gasteiger partial charge in [0.15, 0.2) is 0 Å². The number of allylic oxidation sites excluding steroid dienone is 1. The summed E-state index contributed by atoms with van der Waals surface area (Å²) in [7, 11) is 0. The van der Waals surface area contributed by atoms with E-state index in [2.05, 4.69) is 0 Å². The number of hydrogen-bond donors (Lipinski definition) is 2. The molecule has 0 aliphatic rings. The van der Waals surface area contributed by atoms with Gasteiger partial charge in [0.05, 0.1) is 0 Å². The number of carboxylic acid groups (broad SMARTS) is 1. The zero-order chi connectivity index (χ0) is 8.69. The minimum absolute atomic E-state index is 0.396. The second kappa shape index (κ2) is 5.65. The van der Waals surface area contributed by atoms with Crippen molar-refractivity contribution in [1.29, 1.82) is 0 Å². The van der Waals surface area contributed by atoms with Gasteiger partial charge in [-0.15, -0.1) is 0 Å². The average Bonchev–Trinajstić information content (AvgIpc) is 1.97. The van der Waals surface area contributed by atoms with E-state index in [9.17, 15) is 9.59 Å². The fourth-order valence-electron chi connectivity index (χ4n) is 0.622.